The Morgan fingerprint density at radius 3 is 2.76 bits per heavy atom. The Labute approximate surface area is 223 Å². The number of aliphatic carboxylic acids is 1. The number of hydrogen-bond acceptors (Lipinski definition) is 12. The minimum absolute atomic E-state index is 0.0166. The Morgan fingerprint density at radius 1 is 1.38 bits per heavy atom. The van der Waals surface area contributed by atoms with Crippen molar-refractivity contribution in [3.8, 4) is 0 Å². The number of nitrogens with zero attached hydrogens (tertiary/aromatic N) is 4. The summed E-state index contributed by atoms with van der Waals surface area (Å²) in [6.07, 6.45) is 5.20. The Kier molecular flexibility index (Phi) is 8.52. The monoisotopic (exact) mass is 566 g/mol. The Balaban J connectivity index is 1.44. The number of oxime groups is 1. The summed E-state index contributed by atoms with van der Waals surface area (Å²) in [4.78, 5) is 48.6. The molecule has 1 fully saturated rings. The number of nitrogen functional groups attached to an aromatic ring is 1. The molecule has 0 aromatic carbocycles. The van der Waals surface area contributed by atoms with Crippen LogP contribution in [0.25, 0.3) is 0 Å². The summed E-state index contributed by atoms with van der Waals surface area (Å²) in [5, 5.41) is 26.0. The number of nitrogens with two attached hydrogens (primary N) is 1. The number of rotatable bonds is 11. The molecule has 37 heavy (non-hydrogen) atoms. The van der Waals surface area contributed by atoms with E-state index in [9.17, 15) is 19.5 Å². The number of thioether (sulfide) groups is 2. The second-order valence-electron chi connectivity index (χ2n) is 7.66. The molecule has 1 saturated heterocycles. The van der Waals surface area contributed by atoms with Crippen molar-refractivity contribution >= 4 is 63.5 Å². The number of nitrogens with one attached hydrogen (secondary N) is 2. The average molecular weight is 567 g/mol. The molecular weight excluding hydrogens is 542 g/mol. The number of carbonyl (C=O) groups excluding carboxylic acids is 2. The highest BCUT2D eigenvalue weighted by atomic mass is 32.2. The normalized spacial score (nSPS) is 21.0. The average Bonchev–Trinajstić information content (AvgIpc) is 3.33. The van der Waals surface area contributed by atoms with E-state index in [-0.39, 0.29) is 34.1 Å². The lowest BCUT2D eigenvalue weighted by molar-refractivity contribution is -0.650. The number of pyridine rings is 1. The van der Waals surface area contributed by atoms with Crippen LogP contribution in [0.3, 0.4) is 0 Å². The number of anilines is 1. The SMILES string of the molecule is CON=C(C(=O)N[C@@H]1C(=O)N2C(C(=O)O)=CC(CSc3cc[n+](NCCO)cc3)S[C@H]12)c1csc(N)n1. The fourth-order valence-electron chi connectivity index (χ4n) is 3.60. The van der Waals surface area contributed by atoms with Crippen LogP contribution in [0.2, 0.25) is 0 Å². The number of aromatic nitrogens is 2. The first kappa shape index (κ1) is 26.7. The molecule has 2 amide bonds. The number of aliphatic hydroxyl groups is 1. The molecule has 3 atom stereocenters. The highest BCUT2D eigenvalue weighted by molar-refractivity contribution is 8.04. The van der Waals surface area contributed by atoms with Crippen LogP contribution in [-0.2, 0) is 19.2 Å². The van der Waals surface area contributed by atoms with Crippen molar-refractivity contribution in [2.24, 2.45) is 5.16 Å². The number of carboxylic acid groups (broad SMARTS) is 1. The predicted octanol–water partition coefficient (Wildman–Crippen LogP) is -0.572. The Bertz CT molecular complexity index is 1240. The summed E-state index contributed by atoms with van der Waals surface area (Å²) in [6, 6.07) is 2.85. The van der Waals surface area contributed by atoms with E-state index in [1.807, 2.05) is 24.5 Å². The van der Waals surface area contributed by atoms with Crippen molar-refractivity contribution in [1.29, 1.82) is 0 Å². The van der Waals surface area contributed by atoms with Gasteiger partial charge in [0.05, 0.1) is 13.2 Å². The number of thiazole rings is 1. The van der Waals surface area contributed by atoms with E-state index < -0.39 is 29.2 Å². The fourth-order valence-corrected chi connectivity index (χ4v) is 6.68. The fraction of sp³-hybridized carbons (Fsp3) is 0.333. The molecule has 0 bridgehead atoms. The molecule has 0 radical (unpaired) electrons. The van der Waals surface area contributed by atoms with Crippen LogP contribution in [0.5, 0.6) is 0 Å². The molecule has 1 unspecified atom stereocenters. The molecule has 2 aromatic heterocycles. The van der Waals surface area contributed by atoms with E-state index in [0.29, 0.717) is 12.3 Å². The van der Waals surface area contributed by atoms with Crippen molar-refractivity contribution in [1.82, 2.24) is 15.2 Å². The van der Waals surface area contributed by atoms with Gasteiger partial charge in [-0.3, -0.25) is 14.5 Å². The summed E-state index contributed by atoms with van der Waals surface area (Å²) in [5.41, 5.74) is 8.61. The lowest BCUT2D eigenvalue weighted by Gasteiger charge is -2.49. The van der Waals surface area contributed by atoms with Crippen LogP contribution in [0.1, 0.15) is 5.69 Å². The molecule has 0 aliphatic carbocycles. The third-order valence-corrected chi connectivity index (χ3v) is 8.68. The zero-order valence-corrected chi connectivity index (χ0v) is 21.9. The quantitative estimate of drug-likeness (QED) is 0.0772. The highest BCUT2D eigenvalue weighted by Gasteiger charge is 2.54. The Morgan fingerprint density at radius 2 is 2.14 bits per heavy atom. The van der Waals surface area contributed by atoms with Crippen LogP contribution in [0.15, 0.2) is 51.7 Å². The van der Waals surface area contributed by atoms with Crippen molar-refractivity contribution in [2.45, 2.75) is 21.6 Å². The topological polar surface area (TPSA) is 183 Å². The summed E-state index contributed by atoms with van der Waals surface area (Å²) in [5.74, 6) is -1.88. The van der Waals surface area contributed by atoms with Gasteiger partial charge in [-0.2, -0.15) is 5.43 Å². The van der Waals surface area contributed by atoms with Gasteiger partial charge in [-0.1, -0.05) is 9.83 Å². The van der Waals surface area contributed by atoms with Gasteiger partial charge in [-0.25, -0.2) is 9.78 Å². The number of amides is 2. The van der Waals surface area contributed by atoms with Gasteiger partial charge in [0.1, 0.15) is 29.9 Å². The minimum Gasteiger partial charge on any atom is -0.477 e. The van der Waals surface area contributed by atoms with Gasteiger partial charge in [0.15, 0.2) is 10.8 Å². The lowest BCUT2D eigenvalue weighted by atomic mass is 10.0. The molecule has 2 aromatic rings. The molecule has 6 N–H and O–H groups in total. The molecule has 0 spiro atoms. The third-order valence-electron chi connectivity index (χ3n) is 5.25. The van der Waals surface area contributed by atoms with E-state index in [2.05, 4.69) is 20.9 Å². The van der Waals surface area contributed by atoms with Crippen molar-refractivity contribution < 1.29 is 34.1 Å². The third kappa shape index (κ3) is 5.98. The van der Waals surface area contributed by atoms with Crippen molar-refractivity contribution in [3.05, 3.63) is 47.4 Å². The van der Waals surface area contributed by atoms with Crippen LogP contribution < -0.4 is 21.2 Å². The number of aliphatic hydroxyl groups excluding tert-OH is 1. The van der Waals surface area contributed by atoms with Gasteiger partial charge in [0, 0.05) is 33.4 Å². The minimum atomic E-state index is -1.21. The maximum atomic E-state index is 12.9. The number of carboxylic acids is 1. The molecular formula is C21H24N7O6S3+. The number of β-lactam (4-membered cyclic amide) rings is 1. The van der Waals surface area contributed by atoms with Crippen LogP contribution in [0, 0.1) is 0 Å². The van der Waals surface area contributed by atoms with Gasteiger partial charge in [0.25, 0.3) is 11.8 Å². The maximum Gasteiger partial charge on any atom is 0.352 e. The second kappa shape index (κ2) is 11.8. The van der Waals surface area contributed by atoms with Gasteiger partial charge in [-0.05, 0) is 6.08 Å². The number of carbonyl (C=O) groups is 3. The summed E-state index contributed by atoms with van der Waals surface area (Å²) < 4.78 is 1.73. The molecule has 0 saturated carbocycles. The van der Waals surface area contributed by atoms with E-state index >= 15 is 0 Å². The molecule has 16 heteroatoms. The van der Waals surface area contributed by atoms with Crippen molar-refractivity contribution in [3.63, 3.8) is 0 Å². The van der Waals surface area contributed by atoms with E-state index in [0.717, 1.165) is 16.2 Å². The number of fused-ring (bicyclic) bond motifs is 1. The molecule has 4 heterocycles. The van der Waals surface area contributed by atoms with Crippen LogP contribution in [0.4, 0.5) is 5.13 Å². The molecule has 13 nitrogen and oxygen atoms in total. The Hall–Kier alpha value is -3.34. The largest absolute Gasteiger partial charge is 0.477 e. The second-order valence-corrected chi connectivity index (χ2v) is 11.0. The molecule has 196 valence electrons. The van der Waals surface area contributed by atoms with E-state index in [4.69, 9.17) is 15.7 Å². The van der Waals surface area contributed by atoms with Crippen LogP contribution >= 0.6 is 34.9 Å². The maximum absolute atomic E-state index is 12.9. The zero-order chi connectivity index (χ0) is 26.5. The van der Waals surface area contributed by atoms with Gasteiger partial charge < -0.3 is 26.1 Å². The lowest BCUT2D eigenvalue weighted by Crippen LogP contribution is -2.71. The van der Waals surface area contributed by atoms with Gasteiger partial charge >= 0.3 is 5.97 Å². The van der Waals surface area contributed by atoms with Crippen LogP contribution in [-0.4, -0.2) is 86.3 Å². The van der Waals surface area contributed by atoms with Crippen molar-refractivity contribution in [2.75, 3.05) is 37.2 Å². The number of hydrogen-bond donors (Lipinski definition) is 5. The van der Waals surface area contributed by atoms with E-state index in [1.54, 1.807) is 16.1 Å². The smallest absolute Gasteiger partial charge is 0.352 e. The van der Waals surface area contributed by atoms with Gasteiger partial charge in [-0.15, -0.1) is 34.9 Å². The molecule has 2 aliphatic heterocycles. The summed E-state index contributed by atoms with van der Waals surface area (Å²) in [7, 11) is 1.28. The molecule has 2 aliphatic rings. The standard InChI is InChI=1S/C21H23N7O6S3/c1-34-26-15(13-10-36-21(22)24-13)17(30)25-16-18(31)28-14(20(32)33)8-12(37-19(16)28)9-35-11-2-5-27(6-3-11)23-4-7-29/h2-3,5-6,8,10,12,16,19,23,29H,4,7,9H2,1H3,(H3-,22,24,25,30,32,33)/p+1/t12?,16-,19-/m1/s1. The highest BCUT2D eigenvalue weighted by Crippen LogP contribution is 2.42. The zero-order valence-electron chi connectivity index (χ0n) is 19.4. The summed E-state index contributed by atoms with van der Waals surface area (Å²) >= 11 is 4.05. The first-order valence-corrected chi connectivity index (χ1v) is 13.7. The first-order chi connectivity index (χ1) is 17.8. The first-order valence-electron chi connectivity index (χ1n) is 10.9. The molecule has 4 rings (SSSR count). The summed E-state index contributed by atoms with van der Waals surface area (Å²) in [6.45, 7) is 0.437. The van der Waals surface area contributed by atoms with E-state index in [1.165, 1.54) is 35.5 Å². The van der Waals surface area contributed by atoms with Gasteiger partial charge in [0.2, 0.25) is 12.4 Å². The predicted molar refractivity (Wildman–Crippen MR) is 138 cm³/mol.